The van der Waals surface area contributed by atoms with Gasteiger partial charge in [0.1, 0.15) is 5.82 Å². The van der Waals surface area contributed by atoms with Gasteiger partial charge in [0, 0.05) is 31.4 Å². The summed E-state index contributed by atoms with van der Waals surface area (Å²) in [4.78, 5) is 11.8. The summed E-state index contributed by atoms with van der Waals surface area (Å²) < 4.78 is 0. The third-order valence-corrected chi connectivity index (χ3v) is 5.69. The lowest BCUT2D eigenvalue weighted by molar-refractivity contribution is 0.402. The Labute approximate surface area is 174 Å². The Balaban J connectivity index is 1.32. The van der Waals surface area contributed by atoms with Crippen LogP contribution in [0.25, 0.3) is 0 Å². The van der Waals surface area contributed by atoms with Crippen LogP contribution in [-0.4, -0.2) is 29.6 Å². The first kappa shape index (κ1) is 19.4. The van der Waals surface area contributed by atoms with Crippen molar-refractivity contribution in [3.63, 3.8) is 0 Å². The molecule has 4 rings (SSSR count). The van der Waals surface area contributed by atoms with E-state index < -0.39 is 0 Å². The number of aromatic nitrogens is 2. The van der Waals surface area contributed by atoms with Gasteiger partial charge in [-0.25, -0.2) is 4.98 Å². The van der Waals surface area contributed by atoms with E-state index >= 15 is 0 Å². The SMILES string of the molecule is Cc1cc(N2CCC(Cc3ccccc3)CC2)nc(NCCc2ccccc2)n1. The minimum absolute atomic E-state index is 0.738. The van der Waals surface area contributed by atoms with Gasteiger partial charge < -0.3 is 10.2 Å². The molecule has 29 heavy (non-hydrogen) atoms. The Kier molecular flexibility index (Phi) is 6.40. The van der Waals surface area contributed by atoms with Crippen molar-refractivity contribution in [1.29, 1.82) is 0 Å². The largest absolute Gasteiger partial charge is 0.356 e. The summed E-state index contributed by atoms with van der Waals surface area (Å²) in [5.41, 5.74) is 3.80. The number of nitrogens with one attached hydrogen (secondary N) is 1. The molecule has 4 heteroatoms. The fourth-order valence-corrected chi connectivity index (χ4v) is 4.07. The van der Waals surface area contributed by atoms with Gasteiger partial charge in [-0.15, -0.1) is 0 Å². The van der Waals surface area contributed by atoms with Gasteiger partial charge in [-0.3, -0.25) is 0 Å². The number of nitrogens with zero attached hydrogens (tertiary/aromatic N) is 3. The first-order valence-corrected chi connectivity index (χ1v) is 10.7. The second-order valence-corrected chi connectivity index (χ2v) is 7.97. The van der Waals surface area contributed by atoms with E-state index in [1.54, 1.807) is 0 Å². The van der Waals surface area contributed by atoms with Gasteiger partial charge in [0.15, 0.2) is 0 Å². The van der Waals surface area contributed by atoms with Crippen LogP contribution in [-0.2, 0) is 12.8 Å². The van der Waals surface area contributed by atoms with Crippen molar-refractivity contribution in [2.75, 3.05) is 29.9 Å². The molecular weight excluding hydrogens is 356 g/mol. The van der Waals surface area contributed by atoms with Crippen molar-refractivity contribution < 1.29 is 0 Å². The van der Waals surface area contributed by atoms with Gasteiger partial charge in [0.05, 0.1) is 0 Å². The highest BCUT2D eigenvalue weighted by Crippen LogP contribution is 2.25. The first-order chi connectivity index (χ1) is 14.3. The molecule has 0 saturated carbocycles. The standard InChI is InChI=1S/C25H30N4/c1-20-18-24(28-25(27-20)26-15-12-21-8-4-2-5-9-21)29-16-13-23(14-17-29)19-22-10-6-3-7-11-22/h2-11,18,23H,12-17,19H2,1H3,(H,26,27,28). The average Bonchev–Trinajstić information content (AvgIpc) is 2.75. The molecule has 1 aliphatic rings. The van der Waals surface area contributed by atoms with E-state index in [0.717, 1.165) is 49.4 Å². The summed E-state index contributed by atoms with van der Waals surface area (Å²) in [6.45, 7) is 5.02. The molecule has 0 aliphatic carbocycles. The Morgan fingerprint density at radius 3 is 2.24 bits per heavy atom. The van der Waals surface area contributed by atoms with Gasteiger partial charge in [-0.2, -0.15) is 4.98 Å². The van der Waals surface area contributed by atoms with Crippen LogP contribution in [0.4, 0.5) is 11.8 Å². The lowest BCUT2D eigenvalue weighted by Crippen LogP contribution is -2.35. The van der Waals surface area contributed by atoms with Crippen LogP contribution in [0.15, 0.2) is 66.7 Å². The molecule has 0 radical (unpaired) electrons. The molecule has 0 atom stereocenters. The van der Waals surface area contributed by atoms with Crippen molar-refractivity contribution in [3.8, 4) is 0 Å². The molecular formula is C25H30N4. The Bertz CT molecular complexity index is 887. The third-order valence-electron chi connectivity index (χ3n) is 5.69. The highest BCUT2D eigenvalue weighted by Gasteiger charge is 2.21. The quantitative estimate of drug-likeness (QED) is 0.627. The molecule has 4 nitrogen and oxygen atoms in total. The number of aryl methyl sites for hydroxylation is 1. The summed E-state index contributed by atoms with van der Waals surface area (Å²) in [6.07, 6.45) is 4.59. The fourth-order valence-electron chi connectivity index (χ4n) is 4.07. The van der Waals surface area contributed by atoms with Crippen LogP contribution in [0.2, 0.25) is 0 Å². The summed E-state index contributed by atoms with van der Waals surface area (Å²) >= 11 is 0. The van der Waals surface area contributed by atoms with Crippen molar-refractivity contribution in [1.82, 2.24) is 9.97 Å². The summed E-state index contributed by atoms with van der Waals surface area (Å²) in [6, 6.07) is 23.5. The molecule has 0 unspecified atom stereocenters. The molecule has 1 aliphatic heterocycles. The smallest absolute Gasteiger partial charge is 0.224 e. The van der Waals surface area contributed by atoms with Gasteiger partial charge in [-0.1, -0.05) is 60.7 Å². The Morgan fingerprint density at radius 1 is 0.897 bits per heavy atom. The molecule has 1 saturated heterocycles. The lowest BCUT2D eigenvalue weighted by atomic mass is 9.90. The van der Waals surface area contributed by atoms with Crippen LogP contribution < -0.4 is 10.2 Å². The number of rotatable bonds is 7. The maximum Gasteiger partial charge on any atom is 0.224 e. The molecule has 1 N–H and O–H groups in total. The van der Waals surface area contributed by atoms with E-state index in [4.69, 9.17) is 4.98 Å². The molecule has 2 aromatic carbocycles. The van der Waals surface area contributed by atoms with Crippen LogP contribution in [0.5, 0.6) is 0 Å². The molecule has 1 fully saturated rings. The molecule has 0 amide bonds. The van der Waals surface area contributed by atoms with Gasteiger partial charge >= 0.3 is 0 Å². The molecule has 3 aromatic rings. The van der Waals surface area contributed by atoms with Gasteiger partial charge in [-0.05, 0) is 49.7 Å². The molecule has 2 heterocycles. The van der Waals surface area contributed by atoms with Crippen molar-refractivity contribution in [2.45, 2.75) is 32.6 Å². The third kappa shape index (κ3) is 5.57. The zero-order valence-electron chi connectivity index (χ0n) is 17.2. The van der Waals surface area contributed by atoms with Crippen molar-refractivity contribution in [2.24, 2.45) is 5.92 Å². The van der Waals surface area contributed by atoms with Crippen LogP contribution in [0, 0.1) is 12.8 Å². The minimum Gasteiger partial charge on any atom is -0.356 e. The van der Waals surface area contributed by atoms with E-state index in [-0.39, 0.29) is 0 Å². The summed E-state index contributed by atoms with van der Waals surface area (Å²) in [5, 5.41) is 3.41. The predicted molar refractivity (Wildman–Crippen MR) is 120 cm³/mol. The minimum atomic E-state index is 0.738. The second kappa shape index (κ2) is 9.55. The second-order valence-electron chi connectivity index (χ2n) is 7.97. The van der Waals surface area contributed by atoms with Crippen LogP contribution in [0.1, 0.15) is 29.7 Å². The van der Waals surface area contributed by atoms with E-state index in [2.05, 4.69) is 88.9 Å². The number of hydrogen-bond acceptors (Lipinski definition) is 4. The van der Waals surface area contributed by atoms with Crippen molar-refractivity contribution >= 4 is 11.8 Å². The number of benzene rings is 2. The van der Waals surface area contributed by atoms with Gasteiger partial charge in [0.25, 0.3) is 0 Å². The van der Waals surface area contributed by atoms with E-state index in [9.17, 15) is 0 Å². The predicted octanol–water partition coefficient (Wildman–Crippen LogP) is 4.90. The zero-order chi connectivity index (χ0) is 19.9. The van der Waals surface area contributed by atoms with Gasteiger partial charge in [0.2, 0.25) is 5.95 Å². The maximum atomic E-state index is 4.80. The first-order valence-electron chi connectivity index (χ1n) is 10.7. The fraction of sp³-hybridized carbons (Fsp3) is 0.360. The highest BCUT2D eigenvalue weighted by atomic mass is 15.2. The molecule has 0 spiro atoms. The summed E-state index contributed by atoms with van der Waals surface area (Å²) in [7, 11) is 0. The monoisotopic (exact) mass is 386 g/mol. The Morgan fingerprint density at radius 2 is 1.55 bits per heavy atom. The van der Waals surface area contributed by atoms with E-state index in [1.807, 2.05) is 0 Å². The average molecular weight is 387 g/mol. The number of piperidine rings is 1. The molecule has 150 valence electrons. The normalized spacial score (nSPS) is 14.7. The van der Waals surface area contributed by atoms with E-state index in [1.165, 1.54) is 30.4 Å². The Hall–Kier alpha value is -2.88. The zero-order valence-corrected chi connectivity index (χ0v) is 17.2. The topological polar surface area (TPSA) is 41.1 Å². The lowest BCUT2D eigenvalue weighted by Gasteiger charge is -2.33. The van der Waals surface area contributed by atoms with E-state index in [0.29, 0.717) is 0 Å². The van der Waals surface area contributed by atoms with Crippen LogP contribution in [0.3, 0.4) is 0 Å². The number of hydrogen-bond donors (Lipinski definition) is 1. The maximum absolute atomic E-state index is 4.80. The molecule has 1 aromatic heterocycles. The highest BCUT2D eigenvalue weighted by molar-refractivity contribution is 5.45. The van der Waals surface area contributed by atoms with Crippen LogP contribution >= 0.6 is 0 Å². The summed E-state index contributed by atoms with van der Waals surface area (Å²) in [5.74, 6) is 2.56. The van der Waals surface area contributed by atoms with Crippen molar-refractivity contribution in [3.05, 3.63) is 83.6 Å². The molecule has 0 bridgehead atoms. The number of anilines is 2.